The van der Waals surface area contributed by atoms with Crippen molar-refractivity contribution >= 4 is 5.91 Å². The molecule has 3 rings (SSSR count). The van der Waals surface area contributed by atoms with Gasteiger partial charge in [-0.25, -0.2) is 0 Å². The van der Waals surface area contributed by atoms with E-state index in [0.717, 1.165) is 25.2 Å². The molecule has 1 aliphatic heterocycles. The number of amides is 1. The number of nitrogens with zero attached hydrogens (tertiary/aromatic N) is 1. The van der Waals surface area contributed by atoms with Crippen molar-refractivity contribution in [3.63, 3.8) is 0 Å². The molecule has 6 nitrogen and oxygen atoms in total. The highest BCUT2D eigenvalue weighted by atomic mass is 16.2. The number of aryl methyl sites for hydroxylation is 1. The lowest BCUT2D eigenvalue weighted by atomic mass is 9.98. The summed E-state index contributed by atoms with van der Waals surface area (Å²) in [5.41, 5.74) is 2.38. The van der Waals surface area contributed by atoms with E-state index in [4.69, 9.17) is 0 Å². The molecule has 2 heterocycles. The van der Waals surface area contributed by atoms with Crippen molar-refractivity contribution in [2.75, 3.05) is 13.1 Å². The summed E-state index contributed by atoms with van der Waals surface area (Å²) in [6, 6.07) is 11.1. The van der Waals surface area contributed by atoms with Gasteiger partial charge in [-0.05, 0) is 38.3 Å². The van der Waals surface area contributed by atoms with Gasteiger partial charge in [-0.15, -0.1) is 0 Å². The second-order valence-electron chi connectivity index (χ2n) is 7.10. The number of H-pyrrole nitrogens is 2. The van der Waals surface area contributed by atoms with E-state index in [1.165, 1.54) is 24.8 Å². The molecule has 1 aromatic carbocycles. The summed E-state index contributed by atoms with van der Waals surface area (Å²) < 4.78 is 0. The zero-order valence-corrected chi connectivity index (χ0v) is 15.4. The number of aromatic amines is 2. The molecule has 0 bridgehead atoms. The summed E-state index contributed by atoms with van der Waals surface area (Å²) in [4.78, 5) is 26.3. The Kier molecular flexibility index (Phi) is 6.28. The van der Waals surface area contributed by atoms with E-state index in [1.54, 1.807) is 6.92 Å². The van der Waals surface area contributed by atoms with E-state index in [0.29, 0.717) is 18.2 Å². The van der Waals surface area contributed by atoms with Crippen molar-refractivity contribution < 1.29 is 4.79 Å². The lowest BCUT2D eigenvalue weighted by Crippen LogP contribution is -2.41. The van der Waals surface area contributed by atoms with Crippen LogP contribution in [0, 0.1) is 6.92 Å². The van der Waals surface area contributed by atoms with Crippen LogP contribution in [-0.2, 0) is 17.8 Å². The molecule has 140 valence electrons. The number of piperidine rings is 1. The molecular formula is C20H28N4O2. The van der Waals surface area contributed by atoms with E-state index in [9.17, 15) is 9.59 Å². The van der Waals surface area contributed by atoms with E-state index >= 15 is 0 Å². The van der Waals surface area contributed by atoms with Crippen molar-refractivity contribution in [2.24, 2.45) is 0 Å². The molecule has 1 aromatic heterocycles. The molecule has 0 spiro atoms. The zero-order chi connectivity index (χ0) is 18.4. The molecule has 1 amide bonds. The Bertz CT molecular complexity index is 766. The van der Waals surface area contributed by atoms with Crippen LogP contribution < -0.4 is 10.9 Å². The molecule has 3 N–H and O–H groups in total. The van der Waals surface area contributed by atoms with Crippen LogP contribution in [-0.4, -0.2) is 40.1 Å². The van der Waals surface area contributed by atoms with Crippen LogP contribution in [0.5, 0.6) is 0 Å². The molecule has 1 aliphatic rings. The summed E-state index contributed by atoms with van der Waals surface area (Å²) in [6.07, 6.45) is 4.75. The maximum atomic E-state index is 12.1. The minimum Gasteiger partial charge on any atom is -0.356 e. The average Bonchev–Trinajstić information content (AvgIpc) is 2.96. The number of likely N-dealkylation sites (tertiary alicyclic amines) is 1. The number of hydrogen-bond donors (Lipinski definition) is 3. The number of carbonyl (C=O) groups is 1. The first-order chi connectivity index (χ1) is 12.6. The van der Waals surface area contributed by atoms with E-state index in [-0.39, 0.29) is 17.9 Å². The van der Waals surface area contributed by atoms with Gasteiger partial charge in [0.2, 0.25) is 5.91 Å². The maximum Gasteiger partial charge on any atom is 0.267 e. The SMILES string of the molecule is Cc1[nH][nH]c(=O)c1CC(=O)NCC[C@H]1CCCCN1Cc1ccccc1. The fourth-order valence-corrected chi connectivity index (χ4v) is 3.70. The van der Waals surface area contributed by atoms with Crippen molar-refractivity contribution in [2.45, 2.75) is 51.6 Å². The minimum atomic E-state index is -0.209. The summed E-state index contributed by atoms with van der Waals surface area (Å²) >= 11 is 0. The molecule has 0 saturated carbocycles. The number of benzene rings is 1. The third-order valence-corrected chi connectivity index (χ3v) is 5.20. The molecule has 6 heteroatoms. The second-order valence-corrected chi connectivity index (χ2v) is 7.10. The summed E-state index contributed by atoms with van der Waals surface area (Å²) in [6.45, 7) is 4.53. The smallest absolute Gasteiger partial charge is 0.267 e. The molecule has 2 aromatic rings. The van der Waals surface area contributed by atoms with Crippen LogP contribution >= 0.6 is 0 Å². The highest BCUT2D eigenvalue weighted by molar-refractivity contribution is 5.78. The van der Waals surface area contributed by atoms with Crippen LogP contribution in [0.25, 0.3) is 0 Å². The number of rotatable bonds is 7. The first kappa shape index (κ1) is 18.5. The summed E-state index contributed by atoms with van der Waals surface area (Å²) in [5.74, 6) is -0.0939. The highest BCUT2D eigenvalue weighted by Gasteiger charge is 2.22. The van der Waals surface area contributed by atoms with Crippen molar-refractivity contribution in [3.05, 3.63) is 57.5 Å². The van der Waals surface area contributed by atoms with Crippen LogP contribution in [0.1, 0.15) is 42.5 Å². The van der Waals surface area contributed by atoms with Crippen molar-refractivity contribution in [1.82, 2.24) is 20.4 Å². The largest absolute Gasteiger partial charge is 0.356 e. The van der Waals surface area contributed by atoms with Gasteiger partial charge in [0, 0.05) is 30.4 Å². The molecule has 1 fully saturated rings. The lowest BCUT2D eigenvalue weighted by Gasteiger charge is -2.36. The van der Waals surface area contributed by atoms with Gasteiger partial charge in [0.05, 0.1) is 6.42 Å². The Labute approximate surface area is 154 Å². The molecule has 1 saturated heterocycles. The summed E-state index contributed by atoms with van der Waals surface area (Å²) in [7, 11) is 0. The molecule has 1 atom stereocenters. The van der Waals surface area contributed by atoms with Crippen LogP contribution in [0.15, 0.2) is 35.1 Å². The maximum absolute atomic E-state index is 12.1. The standard InChI is InChI=1S/C20H28N4O2/c1-15-18(20(26)23-22-15)13-19(25)21-11-10-17-9-5-6-12-24(17)14-16-7-3-2-4-8-16/h2-4,7-8,17H,5-6,9-14H2,1H3,(H,21,25)(H2,22,23,26)/t17-/m1/s1. The number of aromatic nitrogens is 2. The third kappa shape index (κ3) is 4.85. The fourth-order valence-electron chi connectivity index (χ4n) is 3.70. The number of hydrogen-bond acceptors (Lipinski definition) is 3. The van der Waals surface area contributed by atoms with E-state index in [2.05, 4.69) is 44.7 Å². The molecular weight excluding hydrogens is 328 g/mol. The molecule has 0 unspecified atom stereocenters. The Morgan fingerprint density at radius 3 is 2.77 bits per heavy atom. The van der Waals surface area contributed by atoms with Gasteiger partial charge in [-0.2, -0.15) is 0 Å². The van der Waals surface area contributed by atoms with Gasteiger partial charge in [0.15, 0.2) is 0 Å². The molecule has 0 radical (unpaired) electrons. The average molecular weight is 356 g/mol. The van der Waals surface area contributed by atoms with Crippen LogP contribution in [0.2, 0.25) is 0 Å². The van der Waals surface area contributed by atoms with Crippen LogP contribution in [0.3, 0.4) is 0 Å². The fraction of sp³-hybridized carbons (Fsp3) is 0.500. The summed E-state index contributed by atoms with van der Waals surface area (Å²) in [5, 5.41) is 8.24. The second kappa shape index (κ2) is 8.85. The van der Waals surface area contributed by atoms with Gasteiger partial charge in [0.25, 0.3) is 5.56 Å². The van der Waals surface area contributed by atoms with Gasteiger partial charge >= 0.3 is 0 Å². The predicted molar refractivity (Wildman–Crippen MR) is 102 cm³/mol. The third-order valence-electron chi connectivity index (χ3n) is 5.20. The Hall–Kier alpha value is -2.34. The monoisotopic (exact) mass is 356 g/mol. The van der Waals surface area contributed by atoms with Gasteiger partial charge in [-0.1, -0.05) is 36.8 Å². The first-order valence-electron chi connectivity index (χ1n) is 9.44. The van der Waals surface area contributed by atoms with Gasteiger partial charge < -0.3 is 10.4 Å². The first-order valence-corrected chi connectivity index (χ1v) is 9.44. The van der Waals surface area contributed by atoms with Crippen molar-refractivity contribution in [1.29, 1.82) is 0 Å². The van der Waals surface area contributed by atoms with Gasteiger partial charge in [-0.3, -0.25) is 19.6 Å². The molecule has 26 heavy (non-hydrogen) atoms. The Morgan fingerprint density at radius 1 is 1.23 bits per heavy atom. The van der Waals surface area contributed by atoms with Crippen LogP contribution in [0.4, 0.5) is 0 Å². The van der Waals surface area contributed by atoms with Gasteiger partial charge in [0.1, 0.15) is 0 Å². The molecule has 0 aliphatic carbocycles. The Morgan fingerprint density at radius 2 is 2.04 bits per heavy atom. The quantitative estimate of drug-likeness (QED) is 0.711. The van der Waals surface area contributed by atoms with E-state index < -0.39 is 0 Å². The zero-order valence-electron chi connectivity index (χ0n) is 15.4. The van der Waals surface area contributed by atoms with E-state index in [1.807, 2.05) is 6.07 Å². The normalized spacial score (nSPS) is 18.0. The lowest BCUT2D eigenvalue weighted by molar-refractivity contribution is -0.120. The highest BCUT2D eigenvalue weighted by Crippen LogP contribution is 2.21. The topological polar surface area (TPSA) is 81.0 Å². The Balaban J connectivity index is 1.47. The predicted octanol–water partition coefficient (Wildman–Crippen LogP) is 2.11. The minimum absolute atomic E-state index is 0.0939. The number of nitrogens with one attached hydrogen (secondary N) is 3. The van der Waals surface area contributed by atoms with Crippen molar-refractivity contribution in [3.8, 4) is 0 Å². The number of carbonyl (C=O) groups excluding carboxylic acids is 1.